The maximum absolute atomic E-state index is 12.8. The Bertz CT molecular complexity index is 1060. The third kappa shape index (κ3) is 2.91. The molecule has 1 N–H and O–H groups in total. The molecule has 0 aliphatic carbocycles. The highest BCUT2D eigenvalue weighted by atomic mass is 79.9. The van der Waals surface area contributed by atoms with Gasteiger partial charge in [-0.3, -0.25) is 4.79 Å². The first kappa shape index (κ1) is 15.5. The van der Waals surface area contributed by atoms with E-state index in [1.807, 2.05) is 0 Å². The van der Waals surface area contributed by atoms with Crippen LogP contribution < -0.4 is 5.32 Å². The molecule has 124 valence electrons. The van der Waals surface area contributed by atoms with E-state index in [4.69, 9.17) is 8.94 Å². The quantitative estimate of drug-likeness (QED) is 0.555. The van der Waals surface area contributed by atoms with Gasteiger partial charge in [0.05, 0.1) is 22.9 Å². The third-order valence-corrected chi connectivity index (χ3v) is 4.07. The normalized spacial score (nSPS) is 11.0. The summed E-state index contributed by atoms with van der Waals surface area (Å²) in [6.45, 7) is 1.76. The van der Waals surface area contributed by atoms with Crippen molar-refractivity contribution in [1.29, 1.82) is 0 Å². The summed E-state index contributed by atoms with van der Waals surface area (Å²) in [5, 5.41) is 7.24. The second-order valence-electron chi connectivity index (χ2n) is 5.30. The molecular weight excluding hydrogens is 388 g/mol. The highest BCUT2D eigenvalue weighted by molar-refractivity contribution is 9.10. The summed E-state index contributed by atoms with van der Waals surface area (Å²) < 4.78 is 11.4. The molecule has 8 heteroatoms. The summed E-state index contributed by atoms with van der Waals surface area (Å²) in [7, 11) is 0. The van der Waals surface area contributed by atoms with Gasteiger partial charge in [0.2, 0.25) is 0 Å². The molecule has 7 nitrogen and oxygen atoms in total. The van der Waals surface area contributed by atoms with Gasteiger partial charge in [0, 0.05) is 10.7 Å². The first-order chi connectivity index (χ1) is 12.1. The number of furan rings is 1. The number of anilines is 1. The number of pyridine rings is 2. The Kier molecular flexibility index (Phi) is 3.81. The molecule has 4 rings (SSSR count). The molecule has 0 atom stereocenters. The molecule has 4 heterocycles. The van der Waals surface area contributed by atoms with Crippen LogP contribution in [0, 0.1) is 6.92 Å². The van der Waals surface area contributed by atoms with E-state index in [1.165, 1.54) is 0 Å². The lowest BCUT2D eigenvalue weighted by Gasteiger charge is -2.07. The second-order valence-corrected chi connectivity index (χ2v) is 6.21. The van der Waals surface area contributed by atoms with E-state index in [9.17, 15) is 4.79 Å². The summed E-state index contributed by atoms with van der Waals surface area (Å²) in [6, 6.07) is 8.66. The number of aryl methyl sites for hydroxylation is 1. The summed E-state index contributed by atoms with van der Waals surface area (Å²) in [5.41, 5.74) is 1.74. The standard InChI is InChI=1S/C17H11BrN4O3/c1-9-15-11(16(23)21-14-5-4-10(18)8-19-14)7-12(13-3-2-6-24-13)20-17(15)25-22-9/h2-8H,1H3,(H,19,21,23). The number of amides is 1. The molecular formula is C17H11BrN4O3. The van der Waals surface area contributed by atoms with Gasteiger partial charge in [-0.1, -0.05) is 5.16 Å². The number of fused-ring (bicyclic) bond motifs is 1. The fourth-order valence-corrected chi connectivity index (χ4v) is 2.69. The molecule has 0 saturated carbocycles. The van der Waals surface area contributed by atoms with Crippen LogP contribution in [0.25, 0.3) is 22.6 Å². The van der Waals surface area contributed by atoms with Crippen LogP contribution in [-0.4, -0.2) is 21.0 Å². The van der Waals surface area contributed by atoms with Crippen molar-refractivity contribution in [2.24, 2.45) is 0 Å². The Balaban J connectivity index is 1.80. The number of nitrogens with one attached hydrogen (secondary N) is 1. The molecule has 0 bridgehead atoms. The average Bonchev–Trinajstić information content (AvgIpc) is 3.26. The van der Waals surface area contributed by atoms with Crippen molar-refractivity contribution in [1.82, 2.24) is 15.1 Å². The average molecular weight is 399 g/mol. The molecule has 0 aliphatic rings. The van der Waals surface area contributed by atoms with Gasteiger partial charge in [-0.05, 0) is 53.2 Å². The Hall–Kier alpha value is -3.00. The molecule has 0 radical (unpaired) electrons. The molecule has 4 aromatic rings. The predicted molar refractivity (Wildman–Crippen MR) is 94.1 cm³/mol. The van der Waals surface area contributed by atoms with E-state index < -0.39 is 0 Å². The molecule has 0 saturated heterocycles. The van der Waals surface area contributed by atoms with Crippen molar-refractivity contribution in [2.45, 2.75) is 6.92 Å². The molecule has 0 unspecified atom stereocenters. The minimum Gasteiger partial charge on any atom is -0.463 e. The molecule has 1 amide bonds. The number of rotatable bonds is 3. The molecule has 0 spiro atoms. The number of aromatic nitrogens is 3. The van der Waals surface area contributed by atoms with E-state index >= 15 is 0 Å². The van der Waals surface area contributed by atoms with Crippen molar-refractivity contribution >= 4 is 38.8 Å². The topological polar surface area (TPSA) is 94.0 Å². The first-order valence-corrected chi connectivity index (χ1v) is 8.15. The maximum Gasteiger partial charge on any atom is 0.259 e. The van der Waals surface area contributed by atoms with Gasteiger partial charge in [-0.15, -0.1) is 0 Å². The van der Waals surface area contributed by atoms with Crippen LogP contribution in [0.3, 0.4) is 0 Å². The van der Waals surface area contributed by atoms with Crippen LogP contribution in [0.1, 0.15) is 16.1 Å². The van der Waals surface area contributed by atoms with Gasteiger partial charge in [0.15, 0.2) is 5.76 Å². The summed E-state index contributed by atoms with van der Waals surface area (Å²) in [5.74, 6) is 0.639. The number of hydrogen-bond donors (Lipinski definition) is 1. The lowest BCUT2D eigenvalue weighted by molar-refractivity contribution is 0.102. The number of halogens is 1. The van der Waals surface area contributed by atoms with E-state index in [2.05, 4.69) is 36.4 Å². The third-order valence-electron chi connectivity index (χ3n) is 3.60. The maximum atomic E-state index is 12.8. The van der Waals surface area contributed by atoms with Crippen LogP contribution >= 0.6 is 15.9 Å². The lowest BCUT2D eigenvalue weighted by Crippen LogP contribution is -2.14. The fraction of sp³-hybridized carbons (Fsp3) is 0.0588. The van der Waals surface area contributed by atoms with Gasteiger partial charge in [0.25, 0.3) is 11.6 Å². The van der Waals surface area contributed by atoms with Crippen LogP contribution in [0.2, 0.25) is 0 Å². The number of nitrogens with zero attached hydrogens (tertiary/aromatic N) is 3. The van der Waals surface area contributed by atoms with Crippen molar-refractivity contribution in [2.75, 3.05) is 5.32 Å². The van der Waals surface area contributed by atoms with Crippen LogP contribution in [0.15, 0.2) is 56.2 Å². The predicted octanol–water partition coefficient (Wildman–Crippen LogP) is 4.20. The van der Waals surface area contributed by atoms with Gasteiger partial charge in [-0.25, -0.2) is 9.97 Å². The minimum absolute atomic E-state index is 0.278. The van der Waals surface area contributed by atoms with Gasteiger partial charge < -0.3 is 14.3 Å². The zero-order valence-corrected chi connectivity index (χ0v) is 14.6. The highest BCUT2D eigenvalue weighted by Crippen LogP contribution is 2.27. The van der Waals surface area contributed by atoms with Crippen molar-refractivity contribution in [3.05, 3.63) is 58.5 Å². The van der Waals surface area contributed by atoms with E-state index in [0.717, 1.165) is 4.47 Å². The molecule has 0 aliphatic heterocycles. The van der Waals surface area contributed by atoms with E-state index in [0.29, 0.717) is 33.9 Å². The Morgan fingerprint density at radius 3 is 2.88 bits per heavy atom. The van der Waals surface area contributed by atoms with Crippen molar-refractivity contribution < 1.29 is 13.7 Å². The van der Waals surface area contributed by atoms with Gasteiger partial charge >= 0.3 is 0 Å². The van der Waals surface area contributed by atoms with Gasteiger partial charge in [0.1, 0.15) is 11.5 Å². The monoisotopic (exact) mass is 398 g/mol. The van der Waals surface area contributed by atoms with Crippen LogP contribution in [-0.2, 0) is 0 Å². The largest absolute Gasteiger partial charge is 0.463 e. The Morgan fingerprint density at radius 1 is 1.28 bits per heavy atom. The first-order valence-electron chi connectivity index (χ1n) is 7.35. The van der Waals surface area contributed by atoms with Crippen molar-refractivity contribution in [3.8, 4) is 11.5 Å². The van der Waals surface area contributed by atoms with Crippen molar-refractivity contribution in [3.63, 3.8) is 0 Å². The zero-order chi connectivity index (χ0) is 17.4. The van der Waals surface area contributed by atoms with Crippen LogP contribution in [0.4, 0.5) is 5.82 Å². The molecule has 0 aromatic carbocycles. The molecule has 4 aromatic heterocycles. The van der Waals surface area contributed by atoms with Gasteiger partial charge in [-0.2, -0.15) is 0 Å². The second kappa shape index (κ2) is 6.14. The number of hydrogen-bond acceptors (Lipinski definition) is 6. The minimum atomic E-state index is -0.332. The summed E-state index contributed by atoms with van der Waals surface area (Å²) in [4.78, 5) is 21.3. The Labute approximate surface area is 150 Å². The van der Waals surface area contributed by atoms with Crippen LogP contribution in [0.5, 0.6) is 0 Å². The fourth-order valence-electron chi connectivity index (χ4n) is 2.46. The smallest absolute Gasteiger partial charge is 0.259 e. The van der Waals surface area contributed by atoms with E-state index in [1.54, 1.807) is 49.7 Å². The highest BCUT2D eigenvalue weighted by Gasteiger charge is 2.20. The summed E-state index contributed by atoms with van der Waals surface area (Å²) >= 11 is 3.31. The Morgan fingerprint density at radius 2 is 2.16 bits per heavy atom. The summed E-state index contributed by atoms with van der Waals surface area (Å²) in [6.07, 6.45) is 3.15. The lowest BCUT2D eigenvalue weighted by atomic mass is 10.1. The number of carbonyl (C=O) groups excluding carboxylic acids is 1. The number of carbonyl (C=O) groups is 1. The molecule has 25 heavy (non-hydrogen) atoms. The zero-order valence-electron chi connectivity index (χ0n) is 13.0. The van der Waals surface area contributed by atoms with E-state index in [-0.39, 0.29) is 11.6 Å². The SMILES string of the molecule is Cc1noc2nc(-c3ccco3)cc(C(=O)Nc3ccc(Br)cn3)c12. The molecule has 0 fully saturated rings.